The predicted molar refractivity (Wildman–Crippen MR) is 89.9 cm³/mol. The Labute approximate surface area is 133 Å². The van der Waals surface area contributed by atoms with Crippen molar-refractivity contribution in [3.8, 4) is 0 Å². The Morgan fingerprint density at radius 3 is 2.81 bits per heavy atom. The van der Waals surface area contributed by atoms with Gasteiger partial charge in [0, 0.05) is 30.1 Å². The summed E-state index contributed by atoms with van der Waals surface area (Å²) in [7, 11) is 1.98. The van der Waals surface area contributed by atoms with Crippen molar-refractivity contribution in [2.75, 3.05) is 11.9 Å². The molecule has 4 nitrogen and oxygen atoms in total. The van der Waals surface area contributed by atoms with Gasteiger partial charge in [0.25, 0.3) is 0 Å². The number of amidine groups is 1. The van der Waals surface area contributed by atoms with Gasteiger partial charge in [-0.05, 0) is 30.5 Å². The van der Waals surface area contributed by atoms with E-state index in [2.05, 4.69) is 28.4 Å². The van der Waals surface area contributed by atoms with Crippen molar-refractivity contribution in [3.05, 3.63) is 51.2 Å². The molecule has 3 N–H and O–H groups in total. The molecule has 1 aromatic heterocycles. The number of benzene rings is 1. The highest BCUT2D eigenvalue weighted by atomic mass is 35.5. The molecule has 0 bridgehead atoms. The molecule has 0 saturated carbocycles. The Morgan fingerprint density at radius 2 is 2.19 bits per heavy atom. The fourth-order valence-corrected chi connectivity index (χ4v) is 3.30. The first kappa shape index (κ1) is 15.7. The van der Waals surface area contributed by atoms with E-state index in [-0.39, 0.29) is 11.9 Å². The summed E-state index contributed by atoms with van der Waals surface area (Å²) in [6, 6.07) is 9.94. The van der Waals surface area contributed by atoms with E-state index >= 15 is 0 Å². The van der Waals surface area contributed by atoms with Crippen LogP contribution >= 0.6 is 22.9 Å². The van der Waals surface area contributed by atoms with Gasteiger partial charge < -0.3 is 15.8 Å². The molecular formula is C15H18ClN3OS. The van der Waals surface area contributed by atoms with Crippen LogP contribution in [0.4, 0.5) is 5.69 Å². The van der Waals surface area contributed by atoms with Gasteiger partial charge >= 0.3 is 0 Å². The summed E-state index contributed by atoms with van der Waals surface area (Å²) in [6.45, 7) is 2.14. The van der Waals surface area contributed by atoms with E-state index in [9.17, 15) is 0 Å². The lowest BCUT2D eigenvalue weighted by Gasteiger charge is -2.29. The smallest absolute Gasteiger partial charge is 0.173 e. The summed E-state index contributed by atoms with van der Waals surface area (Å²) in [4.78, 5) is 3.42. The molecule has 0 radical (unpaired) electrons. The highest BCUT2D eigenvalue weighted by Crippen LogP contribution is 2.28. The number of nitrogens with two attached hydrogens (primary N) is 1. The number of likely N-dealkylation sites (N-methyl/N-ethyl adjacent to an activating group) is 1. The largest absolute Gasteiger partial charge is 0.409 e. The molecule has 1 atom stereocenters. The molecule has 0 fully saturated rings. The number of halogens is 1. The van der Waals surface area contributed by atoms with Crippen molar-refractivity contribution in [2.45, 2.75) is 19.4 Å². The number of hydrogen-bond donors (Lipinski definition) is 2. The van der Waals surface area contributed by atoms with E-state index in [1.165, 1.54) is 4.88 Å². The maximum Gasteiger partial charge on any atom is 0.173 e. The Balaban J connectivity index is 2.30. The highest BCUT2D eigenvalue weighted by molar-refractivity contribution is 7.09. The summed E-state index contributed by atoms with van der Waals surface area (Å²) < 4.78 is 0. The number of anilines is 1. The van der Waals surface area contributed by atoms with Crippen LogP contribution in [-0.2, 0) is 6.42 Å². The third-order valence-corrected chi connectivity index (χ3v) is 4.69. The van der Waals surface area contributed by atoms with E-state index in [1.807, 2.05) is 25.2 Å². The fraction of sp³-hybridized carbons (Fsp3) is 0.267. The first-order valence-corrected chi connectivity index (χ1v) is 7.82. The summed E-state index contributed by atoms with van der Waals surface area (Å²) in [5, 5.41) is 14.6. The maximum atomic E-state index is 8.95. The third kappa shape index (κ3) is 3.49. The average molecular weight is 324 g/mol. The van der Waals surface area contributed by atoms with Crippen LogP contribution in [0.25, 0.3) is 0 Å². The molecule has 1 heterocycles. The Kier molecular flexibility index (Phi) is 5.09. The number of oxime groups is 1. The van der Waals surface area contributed by atoms with Crippen molar-refractivity contribution in [2.24, 2.45) is 10.9 Å². The summed E-state index contributed by atoms with van der Waals surface area (Å²) in [6.07, 6.45) is 0.927. The fourth-order valence-electron chi connectivity index (χ4n) is 2.20. The Bertz CT molecular complexity index is 628. The number of thiophene rings is 1. The highest BCUT2D eigenvalue weighted by Gasteiger charge is 2.18. The van der Waals surface area contributed by atoms with E-state index in [0.29, 0.717) is 10.6 Å². The normalized spacial score (nSPS) is 13.2. The predicted octanol–water partition coefficient (Wildman–Crippen LogP) is 3.56. The lowest BCUT2D eigenvalue weighted by Crippen LogP contribution is -2.32. The lowest BCUT2D eigenvalue weighted by molar-refractivity contribution is 0.318. The zero-order chi connectivity index (χ0) is 15.4. The van der Waals surface area contributed by atoms with Crippen molar-refractivity contribution in [1.29, 1.82) is 0 Å². The number of nitrogens with zero attached hydrogens (tertiary/aromatic N) is 2. The van der Waals surface area contributed by atoms with Gasteiger partial charge in [0.15, 0.2) is 5.84 Å². The van der Waals surface area contributed by atoms with Gasteiger partial charge in [0.2, 0.25) is 0 Å². The molecule has 21 heavy (non-hydrogen) atoms. The molecule has 6 heteroatoms. The quantitative estimate of drug-likeness (QED) is 0.383. The SMILES string of the molecule is CC(Cc1cccs1)N(C)c1cccc(Cl)c1C(N)=NO. The van der Waals surface area contributed by atoms with Gasteiger partial charge in [-0.2, -0.15) is 0 Å². The zero-order valence-electron chi connectivity index (χ0n) is 12.0. The summed E-state index contributed by atoms with van der Waals surface area (Å²) >= 11 is 7.94. The van der Waals surface area contributed by atoms with Gasteiger partial charge in [0.05, 0.1) is 10.6 Å². The Hall–Kier alpha value is -1.72. The van der Waals surface area contributed by atoms with Gasteiger partial charge in [-0.15, -0.1) is 11.3 Å². The topological polar surface area (TPSA) is 61.8 Å². The maximum absolute atomic E-state index is 8.95. The molecule has 112 valence electrons. The van der Waals surface area contributed by atoms with E-state index in [4.69, 9.17) is 22.5 Å². The zero-order valence-corrected chi connectivity index (χ0v) is 13.5. The number of hydrogen-bond acceptors (Lipinski definition) is 4. The average Bonchev–Trinajstić information content (AvgIpc) is 2.98. The van der Waals surface area contributed by atoms with Crippen molar-refractivity contribution < 1.29 is 5.21 Å². The van der Waals surface area contributed by atoms with Crippen LogP contribution in [0.3, 0.4) is 0 Å². The van der Waals surface area contributed by atoms with Crippen LogP contribution in [0.15, 0.2) is 40.9 Å². The van der Waals surface area contributed by atoms with Crippen LogP contribution in [-0.4, -0.2) is 24.1 Å². The molecule has 0 amide bonds. The molecule has 0 aliphatic carbocycles. The molecule has 0 aliphatic rings. The Morgan fingerprint density at radius 1 is 1.43 bits per heavy atom. The van der Waals surface area contributed by atoms with Crippen molar-refractivity contribution in [1.82, 2.24) is 0 Å². The molecular weight excluding hydrogens is 306 g/mol. The summed E-state index contributed by atoms with van der Waals surface area (Å²) in [5.74, 6) is 0.0192. The van der Waals surface area contributed by atoms with Crippen LogP contribution in [0.2, 0.25) is 5.02 Å². The number of rotatable bonds is 5. The molecule has 1 unspecified atom stereocenters. The summed E-state index contributed by atoms with van der Waals surface area (Å²) in [5.41, 5.74) is 7.17. The first-order valence-electron chi connectivity index (χ1n) is 6.56. The minimum atomic E-state index is 0.0192. The minimum absolute atomic E-state index is 0.0192. The van der Waals surface area contributed by atoms with Crippen molar-refractivity contribution >= 4 is 34.5 Å². The third-order valence-electron chi connectivity index (χ3n) is 3.47. The van der Waals surface area contributed by atoms with E-state index < -0.39 is 0 Å². The monoisotopic (exact) mass is 323 g/mol. The second-order valence-electron chi connectivity index (χ2n) is 4.86. The van der Waals surface area contributed by atoms with Crippen LogP contribution in [0, 0.1) is 0 Å². The molecule has 2 rings (SSSR count). The van der Waals surface area contributed by atoms with Gasteiger partial charge in [-0.25, -0.2) is 0 Å². The molecule has 0 spiro atoms. The molecule has 1 aromatic carbocycles. The minimum Gasteiger partial charge on any atom is -0.409 e. The van der Waals surface area contributed by atoms with Crippen LogP contribution in [0.5, 0.6) is 0 Å². The van der Waals surface area contributed by atoms with Gasteiger partial charge in [-0.1, -0.05) is 28.9 Å². The lowest BCUT2D eigenvalue weighted by atomic mass is 10.1. The van der Waals surface area contributed by atoms with Crippen LogP contribution < -0.4 is 10.6 Å². The van der Waals surface area contributed by atoms with Gasteiger partial charge in [-0.3, -0.25) is 0 Å². The molecule has 2 aromatic rings. The second kappa shape index (κ2) is 6.83. The first-order chi connectivity index (χ1) is 10.0. The molecule has 0 aliphatic heterocycles. The van der Waals surface area contributed by atoms with E-state index in [1.54, 1.807) is 17.4 Å². The van der Waals surface area contributed by atoms with Gasteiger partial charge in [0.1, 0.15) is 0 Å². The standard InChI is InChI=1S/C15H18ClN3OS/c1-10(9-11-5-4-8-21-11)19(2)13-7-3-6-12(16)14(13)15(17)18-20/h3-8,10,20H,9H2,1-2H3,(H2,17,18). The van der Waals surface area contributed by atoms with Crippen molar-refractivity contribution in [3.63, 3.8) is 0 Å². The molecule has 0 saturated heterocycles. The second-order valence-corrected chi connectivity index (χ2v) is 6.30. The van der Waals surface area contributed by atoms with Crippen LogP contribution in [0.1, 0.15) is 17.4 Å². The van der Waals surface area contributed by atoms with E-state index in [0.717, 1.165) is 12.1 Å².